The first kappa shape index (κ1) is 35.9. The van der Waals surface area contributed by atoms with Gasteiger partial charge in [0.25, 0.3) is 0 Å². The van der Waals surface area contributed by atoms with E-state index < -0.39 is 9.84 Å². The fraction of sp³-hybridized carbons (Fsp3) is 0.0526. The van der Waals surface area contributed by atoms with Crippen LogP contribution in [0.3, 0.4) is 0 Å². The monoisotopic (exact) mass is 758 g/mol. The molecule has 0 N–H and O–H groups in total. The lowest BCUT2D eigenvalue weighted by molar-refractivity contribution is 0.593. The van der Waals surface area contributed by atoms with E-state index >= 15 is 0 Å². The third kappa shape index (κ3) is 7.79. The Morgan fingerprint density at radius 1 is 0.574 bits per heavy atom. The van der Waals surface area contributed by atoms with Gasteiger partial charge in [0, 0.05) is 29.8 Å². The van der Waals surface area contributed by atoms with Crippen LogP contribution >= 0.6 is 11.8 Å². The van der Waals surface area contributed by atoms with Crippen LogP contribution in [-0.4, -0.2) is 70.9 Å². The fourth-order valence-corrected chi connectivity index (χ4v) is 6.22. The summed E-state index contributed by atoms with van der Waals surface area (Å²) in [6.07, 6.45) is 6.05. The van der Waals surface area contributed by atoms with Crippen LogP contribution in [0.5, 0.6) is 0 Å². The average Bonchev–Trinajstić information content (AvgIpc) is 3.85. The van der Waals surface area contributed by atoms with Crippen LogP contribution in [-0.2, 0) is 9.84 Å². The van der Waals surface area contributed by atoms with Crippen LogP contribution in [0.25, 0.3) is 56.7 Å². The van der Waals surface area contributed by atoms with Gasteiger partial charge in [-0.3, -0.25) is 0 Å². The molecular formula is C38H28F2N10O2S2. The van der Waals surface area contributed by atoms with Crippen LogP contribution in [0.15, 0.2) is 144 Å². The SMILES string of the molecule is CS(=O)(=O)c1nccc(-c2c(-c3ccc(F)cc3)nnn2-c2ccccc2)n1.CSc1nccc(-c2c(-c3ccc(F)cc3)nnn2-c2ccccc2)n1. The molecule has 0 atom stereocenters. The average molecular weight is 759 g/mol. The Morgan fingerprint density at radius 3 is 1.46 bits per heavy atom. The van der Waals surface area contributed by atoms with E-state index in [1.807, 2.05) is 73.0 Å². The lowest BCUT2D eigenvalue weighted by atomic mass is 10.1. The smallest absolute Gasteiger partial charge is 0.231 e. The van der Waals surface area contributed by atoms with Crippen molar-refractivity contribution in [2.24, 2.45) is 0 Å². The number of benzene rings is 4. The number of hydrogen-bond acceptors (Lipinski definition) is 11. The zero-order valence-corrected chi connectivity index (χ0v) is 30.2. The predicted molar refractivity (Wildman–Crippen MR) is 200 cm³/mol. The molecule has 0 bridgehead atoms. The van der Waals surface area contributed by atoms with Crippen molar-refractivity contribution in [1.82, 2.24) is 49.9 Å². The summed E-state index contributed by atoms with van der Waals surface area (Å²) >= 11 is 1.46. The largest absolute Gasteiger partial charge is 0.247 e. The fourth-order valence-electron chi connectivity index (χ4n) is 5.35. The maximum atomic E-state index is 13.4. The molecule has 4 aromatic heterocycles. The van der Waals surface area contributed by atoms with E-state index in [-0.39, 0.29) is 16.8 Å². The molecule has 8 aromatic rings. The maximum Gasteiger partial charge on any atom is 0.247 e. The molecule has 0 aliphatic heterocycles. The number of aromatic nitrogens is 10. The van der Waals surface area contributed by atoms with Crippen molar-refractivity contribution >= 4 is 21.6 Å². The molecule has 0 saturated heterocycles. The normalized spacial score (nSPS) is 11.2. The number of halogens is 2. The molecule has 8 rings (SSSR count). The van der Waals surface area contributed by atoms with Crippen molar-refractivity contribution in [3.8, 4) is 56.7 Å². The van der Waals surface area contributed by atoms with Crippen LogP contribution in [0.4, 0.5) is 8.78 Å². The Morgan fingerprint density at radius 2 is 1.02 bits per heavy atom. The Kier molecular flexibility index (Phi) is 10.4. The van der Waals surface area contributed by atoms with Crippen molar-refractivity contribution in [3.63, 3.8) is 0 Å². The Hall–Kier alpha value is -6.52. The van der Waals surface area contributed by atoms with Crippen molar-refractivity contribution in [2.45, 2.75) is 10.3 Å². The highest BCUT2D eigenvalue weighted by Crippen LogP contribution is 2.33. The van der Waals surface area contributed by atoms with Gasteiger partial charge in [-0.25, -0.2) is 46.5 Å². The van der Waals surface area contributed by atoms with Gasteiger partial charge in [-0.15, -0.1) is 10.2 Å². The highest BCUT2D eigenvalue weighted by atomic mass is 32.2. The molecule has 0 saturated carbocycles. The molecule has 4 heterocycles. The molecule has 0 radical (unpaired) electrons. The van der Waals surface area contributed by atoms with Gasteiger partial charge in [0.15, 0.2) is 5.16 Å². The maximum absolute atomic E-state index is 13.4. The van der Waals surface area contributed by atoms with E-state index in [1.54, 1.807) is 45.9 Å². The highest BCUT2D eigenvalue weighted by Gasteiger charge is 2.22. The van der Waals surface area contributed by atoms with Crippen molar-refractivity contribution < 1.29 is 17.2 Å². The van der Waals surface area contributed by atoms with Gasteiger partial charge in [0.1, 0.15) is 34.4 Å². The number of para-hydroxylation sites is 2. The van der Waals surface area contributed by atoms with Gasteiger partial charge in [0.05, 0.1) is 22.8 Å². The second kappa shape index (κ2) is 15.6. The molecule has 0 unspecified atom stereocenters. The molecule has 4 aromatic carbocycles. The molecule has 0 spiro atoms. The number of thioether (sulfide) groups is 1. The number of hydrogen-bond donors (Lipinski definition) is 0. The molecule has 12 nitrogen and oxygen atoms in total. The molecule has 268 valence electrons. The molecule has 16 heteroatoms. The van der Waals surface area contributed by atoms with E-state index in [0.717, 1.165) is 28.9 Å². The summed E-state index contributed by atoms with van der Waals surface area (Å²) in [6.45, 7) is 0. The second-order valence-electron chi connectivity index (χ2n) is 11.5. The van der Waals surface area contributed by atoms with Crippen LogP contribution in [0.2, 0.25) is 0 Å². The predicted octanol–water partition coefficient (Wildman–Crippen LogP) is 7.19. The van der Waals surface area contributed by atoms with Crippen molar-refractivity contribution in [1.29, 1.82) is 0 Å². The third-order valence-corrected chi connectivity index (χ3v) is 9.27. The lowest BCUT2D eigenvalue weighted by Crippen LogP contribution is -2.06. The van der Waals surface area contributed by atoms with Gasteiger partial charge in [0.2, 0.25) is 15.0 Å². The minimum absolute atomic E-state index is 0.294. The molecule has 54 heavy (non-hydrogen) atoms. The van der Waals surface area contributed by atoms with E-state index in [4.69, 9.17) is 0 Å². The Balaban J connectivity index is 0.000000167. The van der Waals surface area contributed by atoms with E-state index in [1.165, 1.54) is 42.2 Å². The highest BCUT2D eigenvalue weighted by molar-refractivity contribution is 7.98. The third-order valence-electron chi connectivity index (χ3n) is 7.84. The molecule has 0 aliphatic rings. The van der Waals surface area contributed by atoms with Crippen LogP contribution < -0.4 is 0 Å². The summed E-state index contributed by atoms with van der Waals surface area (Å²) < 4.78 is 53.8. The minimum atomic E-state index is -3.60. The van der Waals surface area contributed by atoms with Gasteiger partial charge >= 0.3 is 0 Å². The van der Waals surface area contributed by atoms with Gasteiger partial charge < -0.3 is 0 Å². The van der Waals surface area contributed by atoms with Crippen molar-refractivity contribution in [3.05, 3.63) is 145 Å². The first-order valence-electron chi connectivity index (χ1n) is 16.1. The van der Waals surface area contributed by atoms with Gasteiger partial charge in [-0.2, -0.15) is 0 Å². The molecule has 0 aliphatic carbocycles. The second-order valence-corrected chi connectivity index (χ2v) is 14.2. The summed E-state index contributed by atoms with van der Waals surface area (Å²) in [5.74, 6) is -0.667. The summed E-state index contributed by atoms with van der Waals surface area (Å²) in [6, 6.07) is 34.4. The summed E-state index contributed by atoms with van der Waals surface area (Å²) in [5, 5.41) is 17.5. The number of rotatable bonds is 8. The minimum Gasteiger partial charge on any atom is -0.231 e. The summed E-state index contributed by atoms with van der Waals surface area (Å²) in [5.41, 5.74) is 6.32. The zero-order chi connectivity index (χ0) is 37.7. The van der Waals surface area contributed by atoms with Crippen LogP contribution in [0, 0.1) is 11.6 Å². The first-order valence-corrected chi connectivity index (χ1v) is 19.3. The molecule has 0 fully saturated rings. The van der Waals surface area contributed by atoms with Crippen molar-refractivity contribution in [2.75, 3.05) is 12.5 Å². The Bertz CT molecular complexity index is 2640. The van der Waals surface area contributed by atoms with E-state index in [2.05, 4.69) is 40.6 Å². The lowest BCUT2D eigenvalue weighted by Gasteiger charge is -2.08. The Labute approximate surface area is 312 Å². The van der Waals surface area contributed by atoms with E-state index in [9.17, 15) is 17.2 Å². The molecule has 0 amide bonds. The topological polar surface area (TPSA) is 147 Å². The zero-order valence-electron chi connectivity index (χ0n) is 28.6. The quantitative estimate of drug-likeness (QED) is 0.115. The summed E-state index contributed by atoms with van der Waals surface area (Å²) in [4.78, 5) is 16.9. The number of nitrogens with zero attached hydrogens (tertiary/aromatic N) is 10. The summed E-state index contributed by atoms with van der Waals surface area (Å²) in [7, 11) is -3.60. The van der Waals surface area contributed by atoms with Gasteiger partial charge in [-0.05, 0) is 91.2 Å². The number of sulfone groups is 1. The van der Waals surface area contributed by atoms with Crippen LogP contribution in [0.1, 0.15) is 0 Å². The molecular weight excluding hydrogens is 731 g/mol. The van der Waals surface area contributed by atoms with E-state index in [0.29, 0.717) is 39.2 Å². The first-order chi connectivity index (χ1) is 26.2. The van der Waals surface area contributed by atoms with Gasteiger partial charge in [-0.1, -0.05) is 58.6 Å². The standard InChI is InChI=1S/C19H14FN5O2S.C19H14FN5S/c1-28(26,27)19-21-12-11-16(22-19)18-17(13-7-9-14(20)10-8-13)23-24-25(18)15-5-3-2-4-6-15;1-26-19-21-12-11-16(22-19)18-17(13-7-9-14(20)10-8-13)23-24-25(18)15-5-3-2-4-6-15/h2-12H,1H3;2-12H,1H3.